The summed E-state index contributed by atoms with van der Waals surface area (Å²) in [7, 11) is 0. The molecule has 0 spiro atoms. The van der Waals surface area contributed by atoms with E-state index in [0.29, 0.717) is 12.0 Å². The fraction of sp³-hybridized carbons (Fsp3) is 0.938. The van der Waals surface area contributed by atoms with E-state index in [-0.39, 0.29) is 12.0 Å². The van der Waals surface area contributed by atoms with Crippen molar-refractivity contribution in [1.82, 2.24) is 4.90 Å². The van der Waals surface area contributed by atoms with E-state index in [9.17, 15) is 9.90 Å². The number of carboxylic acids is 1. The van der Waals surface area contributed by atoms with Crippen molar-refractivity contribution in [1.29, 1.82) is 0 Å². The Kier molecular flexibility index (Phi) is 5.85. The molecule has 4 atom stereocenters. The molecule has 1 aliphatic heterocycles. The summed E-state index contributed by atoms with van der Waals surface area (Å²) in [6.45, 7) is 7.15. The number of rotatable bonds is 5. The minimum Gasteiger partial charge on any atom is -0.481 e. The van der Waals surface area contributed by atoms with Gasteiger partial charge in [-0.1, -0.05) is 13.8 Å². The third-order valence-electron chi connectivity index (χ3n) is 4.83. The lowest BCUT2D eigenvalue weighted by Crippen LogP contribution is -2.52. The van der Waals surface area contributed by atoms with Crippen LogP contribution >= 0.6 is 0 Å². The van der Waals surface area contributed by atoms with Crippen molar-refractivity contribution in [3.63, 3.8) is 0 Å². The molecule has 1 N–H and O–H groups in total. The Labute approximate surface area is 122 Å². The van der Waals surface area contributed by atoms with Crippen LogP contribution in [0.3, 0.4) is 0 Å². The number of hydrogen-bond donors (Lipinski definition) is 1. The van der Waals surface area contributed by atoms with Gasteiger partial charge in [-0.15, -0.1) is 0 Å². The van der Waals surface area contributed by atoms with Crippen LogP contribution in [-0.2, 0) is 9.53 Å². The van der Waals surface area contributed by atoms with Crippen LogP contribution in [0.2, 0.25) is 0 Å². The molecule has 116 valence electrons. The molecule has 2 aliphatic rings. The standard InChI is InChI=1S/C16H29NO3/c1-3-9-20-13-5-4-8-17(11-13)15-10-12(2)6-7-14(15)16(18)19/h12-15H,3-11H2,1-2H3,(H,18,19). The maximum absolute atomic E-state index is 11.5. The van der Waals surface area contributed by atoms with E-state index >= 15 is 0 Å². The summed E-state index contributed by atoms with van der Waals surface area (Å²) in [6, 6.07) is 0.212. The molecule has 0 aromatic carbocycles. The van der Waals surface area contributed by atoms with Gasteiger partial charge in [-0.05, 0) is 51.0 Å². The van der Waals surface area contributed by atoms with Crippen molar-refractivity contribution in [2.45, 2.75) is 64.5 Å². The summed E-state index contributed by atoms with van der Waals surface area (Å²) in [5, 5.41) is 9.47. The minimum atomic E-state index is -0.612. The van der Waals surface area contributed by atoms with Crippen molar-refractivity contribution in [3.05, 3.63) is 0 Å². The van der Waals surface area contributed by atoms with E-state index in [1.54, 1.807) is 0 Å². The highest BCUT2D eigenvalue weighted by Gasteiger charge is 2.38. The predicted octanol–water partition coefficient (Wildman–Crippen LogP) is 2.77. The number of piperidine rings is 1. The van der Waals surface area contributed by atoms with Gasteiger partial charge in [0.05, 0.1) is 12.0 Å². The van der Waals surface area contributed by atoms with Crippen LogP contribution in [-0.4, -0.2) is 47.8 Å². The zero-order chi connectivity index (χ0) is 14.5. The number of ether oxygens (including phenoxy) is 1. The van der Waals surface area contributed by atoms with Crippen molar-refractivity contribution in [3.8, 4) is 0 Å². The van der Waals surface area contributed by atoms with Crippen LogP contribution in [0.4, 0.5) is 0 Å². The molecule has 20 heavy (non-hydrogen) atoms. The first-order valence-corrected chi connectivity index (χ1v) is 8.20. The van der Waals surface area contributed by atoms with E-state index in [1.165, 1.54) is 0 Å². The van der Waals surface area contributed by atoms with Crippen LogP contribution in [0, 0.1) is 11.8 Å². The van der Waals surface area contributed by atoms with E-state index < -0.39 is 5.97 Å². The van der Waals surface area contributed by atoms with Crippen molar-refractivity contribution in [2.75, 3.05) is 19.7 Å². The molecule has 0 aromatic rings. The Morgan fingerprint density at radius 1 is 1.35 bits per heavy atom. The van der Waals surface area contributed by atoms with Crippen molar-refractivity contribution >= 4 is 5.97 Å². The second-order valence-corrected chi connectivity index (χ2v) is 6.56. The molecule has 4 unspecified atom stereocenters. The third-order valence-corrected chi connectivity index (χ3v) is 4.83. The first-order chi connectivity index (χ1) is 9.61. The Hall–Kier alpha value is -0.610. The fourth-order valence-electron chi connectivity index (χ4n) is 3.73. The smallest absolute Gasteiger partial charge is 0.308 e. The highest BCUT2D eigenvalue weighted by molar-refractivity contribution is 5.71. The summed E-state index contributed by atoms with van der Waals surface area (Å²) < 4.78 is 5.89. The topological polar surface area (TPSA) is 49.8 Å². The summed E-state index contributed by atoms with van der Waals surface area (Å²) in [4.78, 5) is 13.9. The van der Waals surface area contributed by atoms with Gasteiger partial charge in [0, 0.05) is 19.2 Å². The van der Waals surface area contributed by atoms with Gasteiger partial charge >= 0.3 is 5.97 Å². The summed E-state index contributed by atoms with van der Waals surface area (Å²) >= 11 is 0. The second kappa shape index (κ2) is 7.41. The van der Waals surface area contributed by atoms with E-state index in [0.717, 1.165) is 58.2 Å². The summed E-state index contributed by atoms with van der Waals surface area (Å²) in [6.07, 6.45) is 6.51. The molecule has 2 fully saturated rings. The Morgan fingerprint density at radius 3 is 2.85 bits per heavy atom. The number of carbonyl (C=O) groups is 1. The van der Waals surface area contributed by atoms with E-state index in [4.69, 9.17) is 4.74 Å². The Bertz CT molecular complexity index is 321. The molecule has 1 saturated carbocycles. The molecule has 0 radical (unpaired) electrons. The lowest BCUT2D eigenvalue weighted by atomic mass is 9.77. The van der Waals surface area contributed by atoms with E-state index in [1.807, 2.05) is 0 Å². The Balaban J connectivity index is 1.97. The lowest BCUT2D eigenvalue weighted by molar-refractivity contribution is -0.147. The van der Waals surface area contributed by atoms with E-state index in [2.05, 4.69) is 18.7 Å². The third kappa shape index (κ3) is 3.95. The van der Waals surface area contributed by atoms with Gasteiger partial charge in [0.2, 0.25) is 0 Å². The molecule has 1 heterocycles. The van der Waals surface area contributed by atoms with Gasteiger partial charge in [0.25, 0.3) is 0 Å². The largest absolute Gasteiger partial charge is 0.481 e. The number of aliphatic carboxylic acids is 1. The van der Waals surface area contributed by atoms with Crippen LogP contribution < -0.4 is 0 Å². The lowest BCUT2D eigenvalue weighted by Gasteiger charge is -2.43. The molecule has 2 rings (SSSR count). The Morgan fingerprint density at radius 2 is 2.15 bits per heavy atom. The summed E-state index contributed by atoms with van der Waals surface area (Å²) in [5.74, 6) is -0.151. The van der Waals surface area contributed by atoms with Gasteiger partial charge in [0.1, 0.15) is 0 Å². The second-order valence-electron chi connectivity index (χ2n) is 6.56. The van der Waals surface area contributed by atoms with Gasteiger partial charge in [0.15, 0.2) is 0 Å². The molecule has 4 heteroatoms. The fourth-order valence-corrected chi connectivity index (χ4v) is 3.73. The van der Waals surface area contributed by atoms with Gasteiger partial charge < -0.3 is 9.84 Å². The number of hydrogen-bond acceptors (Lipinski definition) is 3. The monoisotopic (exact) mass is 283 g/mol. The number of likely N-dealkylation sites (tertiary alicyclic amines) is 1. The molecule has 1 aliphatic carbocycles. The van der Waals surface area contributed by atoms with Gasteiger partial charge in [-0.2, -0.15) is 0 Å². The first-order valence-electron chi connectivity index (χ1n) is 8.20. The summed E-state index contributed by atoms with van der Waals surface area (Å²) in [5.41, 5.74) is 0. The average molecular weight is 283 g/mol. The molecule has 0 bridgehead atoms. The number of nitrogens with zero attached hydrogens (tertiary/aromatic N) is 1. The zero-order valence-electron chi connectivity index (χ0n) is 12.9. The predicted molar refractivity (Wildman–Crippen MR) is 78.8 cm³/mol. The molecular weight excluding hydrogens is 254 g/mol. The normalized spacial score (nSPS) is 35.9. The number of carboxylic acid groups (broad SMARTS) is 1. The highest BCUT2D eigenvalue weighted by atomic mass is 16.5. The van der Waals surface area contributed by atoms with Crippen molar-refractivity contribution in [2.24, 2.45) is 11.8 Å². The molecule has 4 nitrogen and oxygen atoms in total. The zero-order valence-corrected chi connectivity index (χ0v) is 12.9. The van der Waals surface area contributed by atoms with Gasteiger partial charge in [-0.25, -0.2) is 0 Å². The molecular formula is C16H29NO3. The highest BCUT2D eigenvalue weighted by Crippen LogP contribution is 2.34. The van der Waals surface area contributed by atoms with Crippen LogP contribution in [0.1, 0.15) is 52.4 Å². The minimum absolute atomic E-state index is 0.184. The van der Waals surface area contributed by atoms with Crippen molar-refractivity contribution < 1.29 is 14.6 Å². The molecule has 0 amide bonds. The van der Waals surface area contributed by atoms with Crippen LogP contribution in [0.5, 0.6) is 0 Å². The average Bonchev–Trinajstić information content (AvgIpc) is 2.45. The SMILES string of the molecule is CCCOC1CCCN(C2CC(C)CCC2C(=O)O)C1. The van der Waals surface area contributed by atoms with Crippen LogP contribution in [0.15, 0.2) is 0 Å². The maximum Gasteiger partial charge on any atom is 0.308 e. The maximum atomic E-state index is 11.5. The molecule has 1 saturated heterocycles. The quantitative estimate of drug-likeness (QED) is 0.843. The first kappa shape index (κ1) is 15.8. The van der Waals surface area contributed by atoms with Gasteiger partial charge in [-0.3, -0.25) is 9.69 Å². The molecule has 0 aromatic heterocycles. The van der Waals surface area contributed by atoms with Crippen LogP contribution in [0.25, 0.3) is 0 Å².